The number of aromatic nitrogens is 1. The minimum Gasteiger partial charge on any atom is -0.419 e. The van der Waals surface area contributed by atoms with Crippen molar-refractivity contribution in [3.05, 3.63) is 46.6 Å². The van der Waals surface area contributed by atoms with Crippen LogP contribution in [-0.4, -0.2) is 11.0 Å². The molecule has 0 radical (unpaired) electrons. The van der Waals surface area contributed by atoms with Crippen molar-refractivity contribution in [1.82, 2.24) is 4.98 Å². The third kappa shape index (κ3) is 2.18. The molecular weight excluding hydrogens is 274 g/mol. The number of rotatable bonds is 3. The van der Waals surface area contributed by atoms with Crippen LogP contribution in [-0.2, 0) is 4.74 Å². The molecule has 0 saturated carbocycles. The summed E-state index contributed by atoms with van der Waals surface area (Å²) in [5.74, 6) is 0.0498. The number of benzene rings is 1. The van der Waals surface area contributed by atoms with E-state index in [4.69, 9.17) is 16.3 Å². The largest absolute Gasteiger partial charge is 0.419 e. The highest BCUT2D eigenvalue weighted by atomic mass is 35.5. The number of pyridine rings is 1. The van der Waals surface area contributed by atoms with Crippen molar-refractivity contribution in [2.24, 2.45) is 0 Å². The fourth-order valence-corrected chi connectivity index (χ4v) is 2.53. The quantitative estimate of drug-likeness (QED) is 0.780. The Morgan fingerprint density at radius 1 is 1.35 bits per heavy atom. The smallest absolute Gasteiger partial charge is 0.346 e. The Hall–Kier alpha value is -1.87. The van der Waals surface area contributed by atoms with Gasteiger partial charge in [-0.2, -0.15) is 0 Å². The number of cyclic esters (lactones) is 1. The summed E-state index contributed by atoms with van der Waals surface area (Å²) in [5.41, 5.74) is 1.89. The monoisotopic (exact) mass is 287 g/mol. The lowest BCUT2D eigenvalue weighted by molar-refractivity contribution is 0.0715. The van der Waals surface area contributed by atoms with E-state index in [9.17, 15) is 4.79 Å². The van der Waals surface area contributed by atoms with Crippen LogP contribution in [0.3, 0.4) is 0 Å². The number of ether oxygens (including phenoxy) is 1. The topological polar surface area (TPSA) is 39.2 Å². The van der Waals surface area contributed by atoms with Crippen LogP contribution in [0.5, 0.6) is 0 Å². The van der Waals surface area contributed by atoms with Gasteiger partial charge in [-0.25, -0.2) is 9.78 Å². The Bertz CT molecular complexity index is 721. The third-order valence-corrected chi connectivity index (χ3v) is 3.71. The van der Waals surface area contributed by atoms with Gasteiger partial charge in [0, 0.05) is 5.39 Å². The Balaban J connectivity index is 2.14. The number of halogens is 1. The van der Waals surface area contributed by atoms with Crippen LogP contribution < -0.4 is 0 Å². The zero-order valence-corrected chi connectivity index (χ0v) is 11.9. The minimum atomic E-state index is -0.372. The molecule has 0 saturated heterocycles. The normalized spacial score (nSPS) is 16.2. The van der Waals surface area contributed by atoms with Gasteiger partial charge >= 0.3 is 5.97 Å². The standard InChI is InChI=1S/C16H14ClNO2/c1-2-3-7-12(17)15-14-11(16(19)20-15)9-10-6-4-5-8-13(10)18-14/h4-6,8-9H,2-3,7H2,1H3/b15-12-. The van der Waals surface area contributed by atoms with Crippen molar-refractivity contribution < 1.29 is 9.53 Å². The van der Waals surface area contributed by atoms with Gasteiger partial charge in [0.25, 0.3) is 0 Å². The molecule has 1 aromatic carbocycles. The van der Waals surface area contributed by atoms with E-state index in [0.717, 1.165) is 23.7 Å². The van der Waals surface area contributed by atoms with Gasteiger partial charge in [0.05, 0.1) is 16.1 Å². The van der Waals surface area contributed by atoms with E-state index >= 15 is 0 Å². The summed E-state index contributed by atoms with van der Waals surface area (Å²) in [6.45, 7) is 2.09. The van der Waals surface area contributed by atoms with E-state index in [2.05, 4.69) is 11.9 Å². The predicted octanol–water partition coefficient (Wildman–Crippen LogP) is 4.50. The first-order valence-corrected chi connectivity index (χ1v) is 7.09. The van der Waals surface area contributed by atoms with Crippen LogP contribution in [0.1, 0.15) is 42.2 Å². The number of hydrogen-bond acceptors (Lipinski definition) is 3. The lowest BCUT2D eigenvalue weighted by Crippen LogP contribution is -1.94. The SMILES string of the molecule is CCCC/C(Cl)=C1/OC(=O)c2cc3ccccc3nc21. The number of hydrogen-bond donors (Lipinski definition) is 0. The zero-order valence-electron chi connectivity index (χ0n) is 11.1. The second-order valence-electron chi connectivity index (χ2n) is 4.80. The summed E-state index contributed by atoms with van der Waals surface area (Å²) >= 11 is 6.27. The molecule has 20 heavy (non-hydrogen) atoms. The van der Waals surface area contributed by atoms with Gasteiger partial charge in [0.15, 0.2) is 5.76 Å². The first-order chi connectivity index (χ1) is 9.70. The van der Waals surface area contributed by atoms with Crippen molar-refractivity contribution in [3.63, 3.8) is 0 Å². The fraction of sp³-hybridized carbons (Fsp3) is 0.250. The van der Waals surface area contributed by atoms with Crippen LogP contribution in [0, 0.1) is 0 Å². The van der Waals surface area contributed by atoms with Crippen LogP contribution in [0.25, 0.3) is 16.7 Å². The summed E-state index contributed by atoms with van der Waals surface area (Å²) in [7, 11) is 0. The maximum atomic E-state index is 11.9. The van der Waals surface area contributed by atoms with Crippen molar-refractivity contribution in [2.45, 2.75) is 26.2 Å². The third-order valence-electron chi connectivity index (χ3n) is 3.35. The Morgan fingerprint density at radius 2 is 2.15 bits per heavy atom. The lowest BCUT2D eigenvalue weighted by atomic mass is 10.1. The van der Waals surface area contributed by atoms with Crippen LogP contribution in [0.2, 0.25) is 0 Å². The average molecular weight is 288 g/mol. The number of fused-ring (bicyclic) bond motifs is 2. The highest BCUT2D eigenvalue weighted by Crippen LogP contribution is 2.35. The van der Waals surface area contributed by atoms with E-state index in [1.54, 1.807) is 0 Å². The second kappa shape index (κ2) is 5.25. The van der Waals surface area contributed by atoms with Crippen molar-refractivity contribution >= 4 is 34.2 Å². The molecule has 3 nitrogen and oxygen atoms in total. The fourth-order valence-electron chi connectivity index (χ4n) is 2.27. The molecule has 0 unspecified atom stereocenters. The minimum absolute atomic E-state index is 0.372. The average Bonchev–Trinajstić information content (AvgIpc) is 2.79. The molecule has 2 aromatic rings. The first-order valence-electron chi connectivity index (χ1n) is 6.71. The highest BCUT2D eigenvalue weighted by Gasteiger charge is 2.30. The Kier molecular flexibility index (Phi) is 3.45. The summed E-state index contributed by atoms with van der Waals surface area (Å²) in [6.07, 6.45) is 2.70. The highest BCUT2D eigenvalue weighted by molar-refractivity contribution is 6.33. The van der Waals surface area contributed by atoms with Gasteiger partial charge in [0.2, 0.25) is 0 Å². The lowest BCUT2D eigenvalue weighted by Gasteiger charge is -2.03. The molecule has 102 valence electrons. The molecule has 4 heteroatoms. The van der Waals surface area contributed by atoms with E-state index in [1.165, 1.54) is 0 Å². The Labute approximate surface area is 122 Å². The zero-order chi connectivity index (χ0) is 14.1. The van der Waals surface area contributed by atoms with E-state index in [0.29, 0.717) is 28.5 Å². The molecule has 2 heterocycles. The van der Waals surface area contributed by atoms with Gasteiger partial charge in [-0.15, -0.1) is 0 Å². The molecule has 0 bridgehead atoms. The number of unbranched alkanes of at least 4 members (excludes halogenated alkanes) is 1. The van der Waals surface area contributed by atoms with Gasteiger partial charge in [0.1, 0.15) is 5.69 Å². The van der Waals surface area contributed by atoms with Crippen molar-refractivity contribution in [1.29, 1.82) is 0 Å². The Morgan fingerprint density at radius 3 is 2.95 bits per heavy atom. The molecule has 1 aliphatic rings. The van der Waals surface area contributed by atoms with Crippen molar-refractivity contribution in [2.75, 3.05) is 0 Å². The van der Waals surface area contributed by atoms with E-state index in [-0.39, 0.29) is 5.97 Å². The molecule has 0 N–H and O–H groups in total. The molecule has 0 amide bonds. The second-order valence-corrected chi connectivity index (χ2v) is 5.26. The van der Waals surface area contributed by atoms with Gasteiger partial charge in [-0.05, 0) is 25.0 Å². The predicted molar refractivity (Wildman–Crippen MR) is 79.5 cm³/mol. The van der Waals surface area contributed by atoms with Crippen LogP contribution in [0.15, 0.2) is 35.4 Å². The number of para-hydroxylation sites is 1. The first kappa shape index (κ1) is 13.1. The molecule has 0 aliphatic carbocycles. The molecule has 0 fully saturated rings. The number of carbonyl (C=O) groups is 1. The van der Waals surface area contributed by atoms with Crippen LogP contribution >= 0.6 is 11.6 Å². The summed E-state index contributed by atoms with van der Waals surface area (Å²) in [5, 5.41) is 1.50. The van der Waals surface area contributed by atoms with Crippen molar-refractivity contribution in [3.8, 4) is 0 Å². The van der Waals surface area contributed by atoms with E-state index < -0.39 is 0 Å². The number of allylic oxidation sites excluding steroid dienone is 1. The summed E-state index contributed by atoms with van der Waals surface area (Å²) in [4.78, 5) is 16.5. The molecule has 1 aliphatic heterocycles. The van der Waals surface area contributed by atoms with Gasteiger partial charge in [-0.3, -0.25) is 0 Å². The number of nitrogens with zero attached hydrogens (tertiary/aromatic N) is 1. The number of esters is 1. The van der Waals surface area contributed by atoms with Gasteiger partial charge in [-0.1, -0.05) is 43.1 Å². The maximum absolute atomic E-state index is 11.9. The molecule has 1 aromatic heterocycles. The summed E-state index contributed by atoms with van der Waals surface area (Å²) < 4.78 is 5.31. The molecule has 3 rings (SSSR count). The summed E-state index contributed by atoms with van der Waals surface area (Å²) in [6, 6.07) is 9.49. The molecule has 0 atom stereocenters. The molecular formula is C16H14ClNO2. The molecule has 0 spiro atoms. The van der Waals surface area contributed by atoms with Crippen LogP contribution in [0.4, 0.5) is 0 Å². The van der Waals surface area contributed by atoms with Gasteiger partial charge < -0.3 is 4.74 Å². The maximum Gasteiger partial charge on any atom is 0.346 e. The van der Waals surface area contributed by atoms with E-state index in [1.807, 2.05) is 30.3 Å². The number of carbonyl (C=O) groups excluding carboxylic acids is 1.